The van der Waals surface area contributed by atoms with Crippen molar-refractivity contribution in [1.29, 1.82) is 5.26 Å². The van der Waals surface area contributed by atoms with Crippen LogP contribution in [-0.2, 0) is 24.3 Å². The van der Waals surface area contributed by atoms with Crippen molar-refractivity contribution in [3.05, 3.63) is 130 Å². The van der Waals surface area contributed by atoms with Crippen LogP contribution in [0.5, 0.6) is 0 Å². The van der Waals surface area contributed by atoms with Crippen LogP contribution in [-0.4, -0.2) is 38.1 Å². The van der Waals surface area contributed by atoms with Gasteiger partial charge in [0.25, 0.3) is 0 Å². The van der Waals surface area contributed by atoms with Crippen molar-refractivity contribution in [2.45, 2.75) is 45.8 Å². The summed E-state index contributed by atoms with van der Waals surface area (Å²) in [6, 6.07) is 32.1. The molecule has 2 atom stereocenters. The number of nitrogens with zero attached hydrogens (tertiary/aromatic N) is 4. The van der Waals surface area contributed by atoms with Gasteiger partial charge < -0.3 is 20.1 Å². The molecule has 0 aliphatic rings. The van der Waals surface area contributed by atoms with Gasteiger partial charge in [-0.2, -0.15) is 5.26 Å². The van der Waals surface area contributed by atoms with Crippen LogP contribution in [0.15, 0.2) is 108 Å². The van der Waals surface area contributed by atoms with Crippen LogP contribution in [0.1, 0.15) is 42.7 Å². The summed E-state index contributed by atoms with van der Waals surface area (Å²) in [6.45, 7) is 5.99. The first-order chi connectivity index (χ1) is 22.3. The molecule has 5 aromatic rings. The molecule has 7 nitrogen and oxygen atoms in total. The Morgan fingerprint density at radius 2 is 1.78 bits per heavy atom. The number of carbonyl (C=O) groups is 1. The lowest BCUT2D eigenvalue weighted by Crippen LogP contribution is -2.50. The lowest BCUT2D eigenvalue weighted by atomic mass is 9.97. The molecule has 0 saturated carbocycles. The zero-order valence-corrected chi connectivity index (χ0v) is 28.4. The van der Waals surface area contributed by atoms with E-state index in [0.29, 0.717) is 30.3 Å². The second-order valence-electron chi connectivity index (χ2n) is 11.5. The number of amides is 1. The first-order valence-electron chi connectivity index (χ1n) is 15.4. The average Bonchev–Trinajstić information content (AvgIpc) is 3.50. The summed E-state index contributed by atoms with van der Waals surface area (Å²) in [7, 11) is 0. The Morgan fingerprint density at radius 1 is 1.04 bits per heavy atom. The first kappa shape index (κ1) is 32.9. The molecule has 1 aromatic heterocycles. The predicted molar refractivity (Wildman–Crippen MR) is 192 cm³/mol. The number of hydrogen-bond donors (Lipinski definition) is 2. The highest BCUT2D eigenvalue weighted by Crippen LogP contribution is 2.24. The molecular weight excluding hydrogens is 656 g/mol. The van der Waals surface area contributed by atoms with Crippen molar-refractivity contribution in [2.24, 2.45) is 5.92 Å². The van der Waals surface area contributed by atoms with E-state index >= 15 is 0 Å². The smallest absolute Gasteiger partial charge is 0.226 e. The Hall–Kier alpha value is -4.52. The van der Waals surface area contributed by atoms with Gasteiger partial charge in [-0.1, -0.05) is 87.0 Å². The molecule has 0 unspecified atom stereocenters. The fourth-order valence-corrected chi connectivity index (χ4v) is 6.08. The predicted octanol–water partition coefficient (Wildman–Crippen LogP) is 7.69. The van der Waals surface area contributed by atoms with Crippen LogP contribution in [0, 0.1) is 17.2 Å². The van der Waals surface area contributed by atoms with Crippen LogP contribution in [0.25, 0.3) is 10.8 Å². The van der Waals surface area contributed by atoms with E-state index < -0.39 is 0 Å². The van der Waals surface area contributed by atoms with E-state index in [-0.39, 0.29) is 24.3 Å². The van der Waals surface area contributed by atoms with E-state index in [0.717, 1.165) is 33.4 Å². The van der Waals surface area contributed by atoms with Crippen LogP contribution in [0.3, 0.4) is 0 Å². The van der Waals surface area contributed by atoms with E-state index in [1.165, 1.54) is 10.8 Å². The number of para-hydroxylation sites is 1. The fraction of sp³-hybridized carbons (Fsp3) is 0.243. The number of imidazole rings is 1. The third-order valence-electron chi connectivity index (χ3n) is 8.31. The highest BCUT2D eigenvalue weighted by molar-refractivity contribution is 9.10. The number of rotatable bonds is 12. The normalized spacial score (nSPS) is 12.2. The Bertz CT molecular complexity index is 1840. The minimum atomic E-state index is -0.152. The van der Waals surface area contributed by atoms with Crippen molar-refractivity contribution in [2.75, 3.05) is 11.9 Å². The van der Waals surface area contributed by atoms with Crippen molar-refractivity contribution in [3.63, 3.8) is 0 Å². The lowest BCUT2D eigenvalue weighted by molar-refractivity contribution is -0.121. The number of fused-ring (bicyclic) bond motifs is 1. The molecule has 5 rings (SSSR count). The number of nitrogens with one attached hydrogen (secondary N) is 2. The van der Waals surface area contributed by atoms with E-state index in [2.05, 4.69) is 92.8 Å². The SMILES string of the molecule is CC[C@H](C)[C@@H](CN(Cc1cccc2ccccc12)C(=S)Nc1ccccc1Br)NC(=O)Cc1cncn1Cc1ccc(C#N)cc1. The number of hydrogen-bond acceptors (Lipinski definition) is 4. The van der Waals surface area contributed by atoms with Crippen molar-refractivity contribution < 1.29 is 4.79 Å². The molecule has 0 spiro atoms. The Balaban J connectivity index is 1.35. The molecule has 234 valence electrons. The van der Waals surface area contributed by atoms with Gasteiger partial charge in [0, 0.05) is 42.0 Å². The fourth-order valence-electron chi connectivity index (χ4n) is 5.44. The average molecular weight is 694 g/mol. The van der Waals surface area contributed by atoms with Gasteiger partial charge in [-0.15, -0.1) is 0 Å². The minimum absolute atomic E-state index is 0.0679. The summed E-state index contributed by atoms with van der Waals surface area (Å²) >= 11 is 9.67. The van der Waals surface area contributed by atoms with E-state index in [1.54, 1.807) is 24.7 Å². The minimum Gasteiger partial charge on any atom is -0.351 e. The number of aromatic nitrogens is 2. The molecule has 1 amide bonds. The van der Waals surface area contributed by atoms with Gasteiger partial charge in [-0.25, -0.2) is 4.98 Å². The van der Waals surface area contributed by atoms with Crippen LogP contribution < -0.4 is 10.6 Å². The summed E-state index contributed by atoms with van der Waals surface area (Å²) in [4.78, 5) is 20.1. The lowest BCUT2D eigenvalue weighted by Gasteiger charge is -2.33. The Kier molecular flexibility index (Phi) is 11.2. The monoisotopic (exact) mass is 692 g/mol. The van der Waals surface area contributed by atoms with Gasteiger partial charge in [-0.05, 0) is 80.2 Å². The summed E-state index contributed by atoms with van der Waals surface area (Å²) in [5, 5.41) is 18.8. The largest absolute Gasteiger partial charge is 0.351 e. The maximum Gasteiger partial charge on any atom is 0.226 e. The zero-order chi connectivity index (χ0) is 32.5. The van der Waals surface area contributed by atoms with Gasteiger partial charge in [-0.3, -0.25) is 4.79 Å². The van der Waals surface area contributed by atoms with Crippen molar-refractivity contribution >= 4 is 55.6 Å². The zero-order valence-electron chi connectivity index (χ0n) is 26.0. The molecule has 46 heavy (non-hydrogen) atoms. The van der Waals surface area contributed by atoms with Gasteiger partial charge in [0.05, 0.1) is 30.1 Å². The highest BCUT2D eigenvalue weighted by Gasteiger charge is 2.24. The third-order valence-corrected chi connectivity index (χ3v) is 9.37. The number of benzene rings is 4. The van der Waals surface area contributed by atoms with E-state index in [9.17, 15) is 4.79 Å². The van der Waals surface area contributed by atoms with Crippen LogP contribution >= 0.6 is 28.1 Å². The topological polar surface area (TPSA) is 86.0 Å². The summed E-state index contributed by atoms with van der Waals surface area (Å²) in [5.74, 6) is 0.135. The first-order valence-corrected chi connectivity index (χ1v) is 16.6. The van der Waals surface area contributed by atoms with Crippen molar-refractivity contribution in [1.82, 2.24) is 19.8 Å². The number of carbonyl (C=O) groups excluding carboxylic acids is 1. The van der Waals surface area contributed by atoms with Gasteiger partial charge in [0.15, 0.2) is 5.11 Å². The van der Waals surface area contributed by atoms with Gasteiger partial charge in [0.2, 0.25) is 5.91 Å². The number of halogens is 1. The number of nitriles is 1. The summed E-state index contributed by atoms with van der Waals surface area (Å²) in [5.41, 5.74) is 4.52. The van der Waals surface area contributed by atoms with E-state index in [1.807, 2.05) is 47.0 Å². The molecule has 4 aromatic carbocycles. The molecule has 9 heteroatoms. The standard InChI is InChI=1S/C37H37BrN6OS/c1-3-26(2)35(41-36(45)19-31-21-40-25-44(31)22-28-17-15-27(20-39)16-18-28)24-43(37(46)42-34-14-7-6-13-33(34)38)23-30-11-8-10-29-9-4-5-12-32(29)30/h4-18,21,25-26,35H,3,19,22-24H2,1-2H3,(H,41,45)(H,42,46)/t26-,35+/m0/s1. The van der Waals surface area contributed by atoms with Gasteiger partial charge >= 0.3 is 0 Å². The number of thiocarbonyl (C=S) groups is 1. The molecule has 2 N–H and O–H groups in total. The Morgan fingerprint density at radius 3 is 2.54 bits per heavy atom. The molecule has 0 fully saturated rings. The summed E-state index contributed by atoms with van der Waals surface area (Å²) in [6.07, 6.45) is 4.58. The highest BCUT2D eigenvalue weighted by atomic mass is 79.9. The van der Waals surface area contributed by atoms with Crippen molar-refractivity contribution in [3.8, 4) is 6.07 Å². The third kappa shape index (κ3) is 8.39. The van der Waals surface area contributed by atoms with Crippen LogP contribution in [0.2, 0.25) is 0 Å². The Labute approximate surface area is 284 Å². The van der Waals surface area contributed by atoms with E-state index in [4.69, 9.17) is 17.5 Å². The van der Waals surface area contributed by atoms with Gasteiger partial charge in [0.1, 0.15) is 0 Å². The molecule has 0 bridgehead atoms. The van der Waals surface area contributed by atoms with Crippen LogP contribution in [0.4, 0.5) is 5.69 Å². The molecule has 0 radical (unpaired) electrons. The molecule has 1 heterocycles. The maximum atomic E-state index is 13.6. The molecular formula is C37H37BrN6OS. The quantitative estimate of drug-likeness (QED) is 0.130. The second kappa shape index (κ2) is 15.7. The number of anilines is 1. The molecule has 0 aliphatic carbocycles. The second-order valence-corrected chi connectivity index (χ2v) is 12.7. The molecule has 0 aliphatic heterocycles. The summed E-state index contributed by atoms with van der Waals surface area (Å²) < 4.78 is 2.90. The maximum absolute atomic E-state index is 13.6. The molecule has 0 saturated heterocycles.